The van der Waals surface area contributed by atoms with Crippen molar-refractivity contribution in [2.24, 2.45) is 0 Å². The van der Waals surface area contributed by atoms with Gasteiger partial charge >= 0.3 is 5.97 Å². The number of carbonyl (C=O) groups is 1. The highest BCUT2D eigenvalue weighted by Crippen LogP contribution is 2.17. The fraction of sp³-hybridized carbons (Fsp3) is 0.917. The van der Waals surface area contributed by atoms with Gasteiger partial charge in [-0.05, 0) is 26.8 Å². The number of unbranched alkanes of at least 4 members (excludes halogenated alkanes) is 1. The van der Waals surface area contributed by atoms with E-state index >= 15 is 0 Å². The Hall–Kier alpha value is -0.610. The van der Waals surface area contributed by atoms with Gasteiger partial charge in [-0.1, -0.05) is 13.3 Å². The Morgan fingerprint density at radius 3 is 2.88 bits per heavy atom. The molecule has 16 heavy (non-hydrogen) atoms. The van der Waals surface area contributed by atoms with E-state index in [1.807, 2.05) is 11.9 Å². The average Bonchev–Trinajstić information content (AvgIpc) is 2.65. The summed E-state index contributed by atoms with van der Waals surface area (Å²) in [6.07, 6.45) is 3.21. The maximum atomic E-state index is 11.5. The van der Waals surface area contributed by atoms with E-state index in [1.54, 1.807) is 0 Å². The lowest BCUT2D eigenvalue weighted by molar-refractivity contribution is -0.145. The zero-order valence-electron chi connectivity index (χ0n) is 10.6. The predicted octanol–water partition coefficient (Wildman–Crippen LogP) is 1.44. The molecule has 0 radical (unpaired) electrons. The van der Waals surface area contributed by atoms with Crippen LogP contribution in [0.2, 0.25) is 0 Å². The molecule has 1 saturated heterocycles. The van der Waals surface area contributed by atoms with Crippen molar-refractivity contribution >= 4 is 5.97 Å². The lowest BCUT2D eigenvalue weighted by atomic mass is 10.1. The van der Waals surface area contributed by atoms with Gasteiger partial charge in [0.05, 0.1) is 19.3 Å². The van der Waals surface area contributed by atoms with Crippen LogP contribution in [0.1, 0.15) is 33.1 Å². The zero-order chi connectivity index (χ0) is 12.0. The third-order valence-corrected chi connectivity index (χ3v) is 3.04. The highest BCUT2D eigenvalue weighted by molar-refractivity contribution is 5.71. The minimum atomic E-state index is -0.130. The standard InChI is InChI=1S/C12H23NO3/c1-4-5-7-16-12(14)9-13(3)11-6-8-15-10(11)2/h10-11H,4-9H2,1-3H3. The van der Waals surface area contributed by atoms with Crippen LogP contribution in [0.3, 0.4) is 0 Å². The van der Waals surface area contributed by atoms with E-state index in [0.29, 0.717) is 19.2 Å². The van der Waals surface area contributed by atoms with Crippen molar-refractivity contribution in [3.05, 3.63) is 0 Å². The first-order chi connectivity index (χ1) is 7.65. The second kappa shape index (κ2) is 6.86. The van der Waals surface area contributed by atoms with Crippen molar-refractivity contribution in [3.63, 3.8) is 0 Å². The topological polar surface area (TPSA) is 38.8 Å². The summed E-state index contributed by atoms with van der Waals surface area (Å²) >= 11 is 0. The molecule has 2 atom stereocenters. The van der Waals surface area contributed by atoms with Crippen LogP contribution in [0.5, 0.6) is 0 Å². The summed E-state index contributed by atoms with van der Waals surface area (Å²) in [5.41, 5.74) is 0. The van der Waals surface area contributed by atoms with Crippen LogP contribution in [-0.4, -0.2) is 49.8 Å². The Morgan fingerprint density at radius 2 is 2.31 bits per heavy atom. The van der Waals surface area contributed by atoms with Crippen molar-refractivity contribution in [1.29, 1.82) is 0 Å². The molecule has 0 amide bonds. The van der Waals surface area contributed by atoms with Gasteiger partial charge in [0.15, 0.2) is 0 Å². The SMILES string of the molecule is CCCCOC(=O)CN(C)C1CCOC1C. The number of hydrogen-bond donors (Lipinski definition) is 0. The summed E-state index contributed by atoms with van der Waals surface area (Å²) in [4.78, 5) is 13.5. The first-order valence-corrected chi connectivity index (χ1v) is 6.12. The first-order valence-electron chi connectivity index (χ1n) is 6.12. The smallest absolute Gasteiger partial charge is 0.320 e. The average molecular weight is 229 g/mol. The summed E-state index contributed by atoms with van der Waals surface area (Å²) in [5.74, 6) is -0.130. The van der Waals surface area contributed by atoms with E-state index in [4.69, 9.17) is 9.47 Å². The van der Waals surface area contributed by atoms with Gasteiger partial charge in [-0.2, -0.15) is 0 Å². The number of nitrogens with zero attached hydrogens (tertiary/aromatic N) is 1. The van der Waals surface area contributed by atoms with Crippen LogP contribution in [0.15, 0.2) is 0 Å². The molecule has 1 aliphatic rings. The van der Waals surface area contributed by atoms with Crippen LogP contribution in [0.25, 0.3) is 0 Å². The normalized spacial score (nSPS) is 25.0. The van der Waals surface area contributed by atoms with Gasteiger partial charge in [-0.3, -0.25) is 9.69 Å². The maximum Gasteiger partial charge on any atom is 0.320 e. The highest BCUT2D eigenvalue weighted by atomic mass is 16.5. The summed E-state index contributed by atoms with van der Waals surface area (Å²) in [6, 6.07) is 0.346. The Kier molecular flexibility index (Phi) is 5.77. The van der Waals surface area contributed by atoms with Crippen molar-refractivity contribution in [2.75, 3.05) is 26.8 Å². The number of ether oxygens (including phenoxy) is 2. The minimum absolute atomic E-state index is 0.130. The molecule has 0 aromatic carbocycles. The van der Waals surface area contributed by atoms with E-state index < -0.39 is 0 Å². The lowest BCUT2D eigenvalue weighted by Gasteiger charge is -2.25. The Balaban J connectivity index is 2.22. The van der Waals surface area contributed by atoms with Crippen LogP contribution in [-0.2, 0) is 14.3 Å². The second-order valence-corrected chi connectivity index (χ2v) is 4.42. The molecule has 0 aliphatic carbocycles. The Bertz CT molecular complexity index is 220. The summed E-state index contributed by atoms with van der Waals surface area (Å²) < 4.78 is 10.6. The van der Waals surface area contributed by atoms with Gasteiger partial charge in [0.2, 0.25) is 0 Å². The number of esters is 1. The van der Waals surface area contributed by atoms with E-state index in [9.17, 15) is 4.79 Å². The Morgan fingerprint density at radius 1 is 1.56 bits per heavy atom. The van der Waals surface area contributed by atoms with Gasteiger partial charge in [0.25, 0.3) is 0 Å². The monoisotopic (exact) mass is 229 g/mol. The summed E-state index contributed by atoms with van der Waals surface area (Å²) in [7, 11) is 1.96. The summed E-state index contributed by atoms with van der Waals surface area (Å²) in [5, 5.41) is 0. The zero-order valence-corrected chi connectivity index (χ0v) is 10.6. The highest BCUT2D eigenvalue weighted by Gasteiger charge is 2.28. The molecule has 0 spiro atoms. The van der Waals surface area contributed by atoms with E-state index in [2.05, 4.69) is 13.8 Å². The van der Waals surface area contributed by atoms with Gasteiger partial charge in [0, 0.05) is 12.6 Å². The first kappa shape index (κ1) is 13.5. The molecular weight excluding hydrogens is 206 g/mol. The number of carbonyl (C=O) groups excluding carboxylic acids is 1. The quantitative estimate of drug-likeness (QED) is 0.510. The van der Waals surface area contributed by atoms with Crippen molar-refractivity contribution < 1.29 is 14.3 Å². The van der Waals surface area contributed by atoms with Crippen molar-refractivity contribution in [1.82, 2.24) is 4.90 Å². The molecule has 0 saturated carbocycles. The van der Waals surface area contributed by atoms with Gasteiger partial charge in [0.1, 0.15) is 0 Å². The van der Waals surface area contributed by atoms with E-state index in [-0.39, 0.29) is 12.1 Å². The second-order valence-electron chi connectivity index (χ2n) is 4.42. The summed E-state index contributed by atoms with van der Waals surface area (Å²) in [6.45, 7) is 5.83. The molecule has 0 bridgehead atoms. The molecule has 4 nitrogen and oxygen atoms in total. The fourth-order valence-corrected chi connectivity index (χ4v) is 2.00. The molecule has 94 valence electrons. The number of likely N-dealkylation sites (N-methyl/N-ethyl adjacent to an activating group) is 1. The van der Waals surface area contributed by atoms with Crippen molar-refractivity contribution in [2.45, 2.75) is 45.3 Å². The van der Waals surface area contributed by atoms with Gasteiger partial charge < -0.3 is 9.47 Å². The van der Waals surface area contributed by atoms with Crippen LogP contribution in [0.4, 0.5) is 0 Å². The lowest BCUT2D eigenvalue weighted by Crippen LogP contribution is -2.40. The third-order valence-electron chi connectivity index (χ3n) is 3.04. The molecule has 1 heterocycles. The van der Waals surface area contributed by atoms with Gasteiger partial charge in [-0.25, -0.2) is 0 Å². The number of rotatable bonds is 6. The molecule has 1 fully saturated rings. The molecule has 4 heteroatoms. The molecule has 2 unspecified atom stereocenters. The van der Waals surface area contributed by atoms with Gasteiger partial charge in [-0.15, -0.1) is 0 Å². The molecule has 1 aliphatic heterocycles. The van der Waals surface area contributed by atoms with Crippen LogP contribution in [0, 0.1) is 0 Å². The minimum Gasteiger partial charge on any atom is -0.465 e. The molecule has 0 aromatic heterocycles. The fourth-order valence-electron chi connectivity index (χ4n) is 2.00. The molecule has 1 rings (SSSR count). The predicted molar refractivity (Wildman–Crippen MR) is 62.3 cm³/mol. The van der Waals surface area contributed by atoms with Crippen LogP contribution >= 0.6 is 0 Å². The Labute approximate surface area is 97.9 Å². The van der Waals surface area contributed by atoms with E-state index in [0.717, 1.165) is 25.9 Å². The molecule has 0 N–H and O–H groups in total. The molecule has 0 aromatic rings. The maximum absolute atomic E-state index is 11.5. The van der Waals surface area contributed by atoms with E-state index in [1.165, 1.54) is 0 Å². The molecular formula is C12H23NO3. The third kappa shape index (κ3) is 4.10. The van der Waals surface area contributed by atoms with Crippen molar-refractivity contribution in [3.8, 4) is 0 Å². The number of hydrogen-bond acceptors (Lipinski definition) is 4. The largest absolute Gasteiger partial charge is 0.465 e. The van der Waals surface area contributed by atoms with Crippen LogP contribution < -0.4 is 0 Å².